The minimum absolute atomic E-state index is 0. The van der Waals surface area contributed by atoms with Gasteiger partial charge in [-0.05, 0) is 25.5 Å². The van der Waals surface area contributed by atoms with Crippen LogP contribution in [0.15, 0.2) is 24.3 Å². The minimum atomic E-state index is -0.0808. The molecule has 0 radical (unpaired) electrons. The molecule has 0 heterocycles. The molecule has 0 bridgehead atoms. The van der Waals surface area contributed by atoms with Crippen LogP contribution < -0.4 is 11.5 Å². The second kappa shape index (κ2) is 7.51. The van der Waals surface area contributed by atoms with Gasteiger partial charge in [-0.1, -0.05) is 24.6 Å². The smallest absolute Gasteiger partial charge is 0.120 e. The first kappa shape index (κ1) is 14.2. The van der Waals surface area contributed by atoms with Crippen molar-refractivity contribution in [2.45, 2.75) is 25.3 Å². The van der Waals surface area contributed by atoms with Crippen LogP contribution in [0, 0.1) is 0 Å². The van der Waals surface area contributed by atoms with E-state index >= 15 is 0 Å². The van der Waals surface area contributed by atoms with Crippen molar-refractivity contribution >= 4 is 12.4 Å². The van der Waals surface area contributed by atoms with E-state index < -0.39 is 0 Å². The molecule has 0 aliphatic heterocycles. The van der Waals surface area contributed by atoms with Crippen LogP contribution in [0.1, 0.15) is 30.9 Å². The van der Waals surface area contributed by atoms with Gasteiger partial charge in [0, 0.05) is 11.6 Å². The summed E-state index contributed by atoms with van der Waals surface area (Å²) in [6.07, 6.45) is 2.86. The van der Waals surface area contributed by atoms with E-state index in [1.54, 1.807) is 12.1 Å². The van der Waals surface area contributed by atoms with E-state index in [2.05, 4.69) is 0 Å². The number of para-hydroxylation sites is 1. The van der Waals surface area contributed by atoms with Gasteiger partial charge in [-0.15, -0.1) is 12.4 Å². The van der Waals surface area contributed by atoms with Crippen molar-refractivity contribution in [1.29, 1.82) is 0 Å². The molecule has 0 aromatic heterocycles. The third kappa shape index (κ3) is 4.51. The highest BCUT2D eigenvalue weighted by molar-refractivity contribution is 5.85. The Morgan fingerprint density at radius 1 is 1.20 bits per heavy atom. The van der Waals surface area contributed by atoms with Crippen molar-refractivity contribution < 1.29 is 5.11 Å². The summed E-state index contributed by atoms with van der Waals surface area (Å²) in [6.45, 7) is 0.702. The summed E-state index contributed by atoms with van der Waals surface area (Å²) in [5.74, 6) is 0.285. The number of halogens is 1. The van der Waals surface area contributed by atoms with Gasteiger partial charge >= 0.3 is 0 Å². The van der Waals surface area contributed by atoms with Crippen molar-refractivity contribution in [3.63, 3.8) is 0 Å². The lowest BCUT2D eigenvalue weighted by atomic mass is 10.0. The molecule has 0 spiro atoms. The Bertz CT molecular complexity index is 281. The Balaban J connectivity index is 0.00000196. The molecule has 1 aromatic rings. The standard InChI is InChI=1S/C11H18N2O.ClH/c12-8-4-3-6-10(13)9-5-1-2-7-11(9)14;/h1-2,5,7,10,14H,3-4,6,8,12-13H2;1H/t10-;/m1./s1. The highest BCUT2D eigenvalue weighted by atomic mass is 35.5. The molecule has 86 valence electrons. The second-order valence-corrected chi connectivity index (χ2v) is 3.45. The maximum atomic E-state index is 9.53. The average Bonchev–Trinajstić information content (AvgIpc) is 2.18. The second-order valence-electron chi connectivity index (χ2n) is 3.45. The first-order valence-electron chi connectivity index (χ1n) is 4.99. The molecule has 0 aliphatic carbocycles. The summed E-state index contributed by atoms with van der Waals surface area (Å²) < 4.78 is 0. The average molecular weight is 231 g/mol. The predicted molar refractivity (Wildman–Crippen MR) is 65.2 cm³/mol. The van der Waals surface area contributed by atoms with Gasteiger partial charge in [0.15, 0.2) is 0 Å². The molecule has 1 aromatic carbocycles. The SMILES string of the molecule is Cl.NCCCC[C@@H](N)c1ccccc1O. The largest absolute Gasteiger partial charge is 0.508 e. The number of hydrogen-bond acceptors (Lipinski definition) is 3. The Hall–Kier alpha value is -0.770. The Labute approximate surface area is 96.9 Å². The molecule has 4 heteroatoms. The molecule has 1 atom stereocenters. The fraction of sp³-hybridized carbons (Fsp3) is 0.455. The summed E-state index contributed by atoms with van der Waals surface area (Å²) in [6, 6.07) is 7.13. The summed E-state index contributed by atoms with van der Waals surface area (Å²) in [7, 11) is 0. The van der Waals surface area contributed by atoms with Crippen LogP contribution in [0.2, 0.25) is 0 Å². The molecule has 0 fully saturated rings. The summed E-state index contributed by atoms with van der Waals surface area (Å²) in [4.78, 5) is 0. The number of nitrogens with two attached hydrogens (primary N) is 2. The zero-order valence-corrected chi connectivity index (χ0v) is 9.54. The van der Waals surface area contributed by atoms with Crippen molar-refractivity contribution in [3.05, 3.63) is 29.8 Å². The topological polar surface area (TPSA) is 72.3 Å². The van der Waals surface area contributed by atoms with Crippen LogP contribution in [0.5, 0.6) is 5.75 Å². The van der Waals surface area contributed by atoms with E-state index in [4.69, 9.17) is 11.5 Å². The zero-order chi connectivity index (χ0) is 10.4. The normalized spacial score (nSPS) is 11.9. The Morgan fingerprint density at radius 3 is 2.47 bits per heavy atom. The molecule has 1 rings (SSSR count). The fourth-order valence-corrected chi connectivity index (χ4v) is 1.47. The van der Waals surface area contributed by atoms with Crippen molar-refractivity contribution in [1.82, 2.24) is 0 Å². The molecule has 0 saturated carbocycles. The van der Waals surface area contributed by atoms with Crippen LogP contribution >= 0.6 is 12.4 Å². The highest BCUT2D eigenvalue weighted by Gasteiger charge is 2.08. The van der Waals surface area contributed by atoms with E-state index in [-0.39, 0.29) is 24.2 Å². The molecule has 0 unspecified atom stereocenters. The van der Waals surface area contributed by atoms with E-state index in [0.29, 0.717) is 6.54 Å². The maximum Gasteiger partial charge on any atom is 0.120 e. The van der Waals surface area contributed by atoms with Gasteiger partial charge in [0.2, 0.25) is 0 Å². The Kier molecular flexibility index (Phi) is 7.13. The van der Waals surface area contributed by atoms with Crippen molar-refractivity contribution in [2.24, 2.45) is 11.5 Å². The third-order valence-electron chi connectivity index (χ3n) is 2.31. The van der Waals surface area contributed by atoms with Gasteiger partial charge in [0.1, 0.15) is 5.75 Å². The number of phenolic OH excluding ortho intramolecular Hbond substituents is 1. The first-order chi connectivity index (χ1) is 6.75. The Morgan fingerprint density at radius 2 is 1.87 bits per heavy atom. The number of phenols is 1. The lowest BCUT2D eigenvalue weighted by molar-refractivity contribution is 0.456. The van der Waals surface area contributed by atoms with Gasteiger partial charge in [-0.3, -0.25) is 0 Å². The zero-order valence-electron chi connectivity index (χ0n) is 8.73. The fourth-order valence-electron chi connectivity index (χ4n) is 1.47. The van der Waals surface area contributed by atoms with Crippen LogP contribution in [0.3, 0.4) is 0 Å². The maximum absolute atomic E-state index is 9.53. The number of aromatic hydroxyl groups is 1. The molecule has 0 saturated heterocycles. The summed E-state index contributed by atoms with van der Waals surface area (Å²) in [5.41, 5.74) is 12.2. The van der Waals surface area contributed by atoms with Gasteiger partial charge in [-0.2, -0.15) is 0 Å². The van der Waals surface area contributed by atoms with Crippen molar-refractivity contribution in [3.8, 4) is 5.75 Å². The number of benzene rings is 1. The highest BCUT2D eigenvalue weighted by Crippen LogP contribution is 2.24. The van der Waals surface area contributed by atoms with Gasteiger partial charge < -0.3 is 16.6 Å². The summed E-state index contributed by atoms with van der Waals surface area (Å²) >= 11 is 0. The number of hydrogen-bond donors (Lipinski definition) is 3. The van der Waals surface area contributed by atoms with Gasteiger partial charge in [-0.25, -0.2) is 0 Å². The van der Waals surface area contributed by atoms with Gasteiger partial charge in [0.05, 0.1) is 0 Å². The molecular weight excluding hydrogens is 212 g/mol. The molecule has 0 aliphatic rings. The van der Waals surface area contributed by atoms with Gasteiger partial charge in [0.25, 0.3) is 0 Å². The lowest BCUT2D eigenvalue weighted by Gasteiger charge is -2.12. The molecule has 5 N–H and O–H groups in total. The van der Waals surface area contributed by atoms with Crippen LogP contribution in [-0.4, -0.2) is 11.7 Å². The van der Waals surface area contributed by atoms with E-state index in [0.717, 1.165) is 24.8 Å². The van der Waals surface area contributed by atoms with Crippen LogP contribution in [-0.2, 0) is 0 Å². The molecular formula is C11H19ClN2O. The van der Waals surface area contributed by atoms with Crippen LogP contribution in [0.25, 0.3) is 0 Å². The van der Waals surface area contributed by atoms with Crippen molar-refractivity contribution in [2.75, 3.05) is 6.54 Å². The predicted octanol–water partition coefficient (Wildman–Crippen LogP) is 1.94. The molecule has 3 nitrogen and oxygen atoms in total. The van der Waals surface area contributed by atoms with Crippen LogP contribution in [0.4, 0.5) is 0 Å². The molecule has 0 amide bonds. The first-order valence-corrected chi connectivity index (χ1v) is 4.99. The minimum Gasteiger partial charge on any atom is -0.508 e. The van der Waals surface area contributed by atoms with E-state index in [9.17, 15) is 5.11 Å². The monoisotopic (exact) mass is 230 g/mol. The lowest BCUT2D eigenvalue weighted by Crippen LogP contribution is -2.11. The number of rotatable bonds is 5. The summed E-state index contributed by atoms with van der Waals surface area (Å²) in [5, 5.41) is 9.53. The van der Waals surface area contributed by atoms with E-state index in [1.807, 2.05) is 12.1 Å². The molecule has 15 heavy (non-hydrogen) atoms. The third-order valence-corrected chi connectivity index (χ3v) is 2.31. The quantitative estimate of drug-likeness (QED) is 0.677. The number of unbranched alkanes of at least 4 members (excludes halogenated alkanes) is 1. The van der Waals surface area contributed by atoms with E-state index in [1.165, 1.54) is 0 Å².